The van der Waals surface area contributed by atoms with Crippen LogP contribution in [0.1, 0.15) is 23.6 Å². The maximum atomic E-state index is 13.0. The zero-order valence-electron chi connectivity index (χ0n) is 17.9. The SMILES string of the molecule is COCCCN1C(=O)C(=O)/C(=C(\O)c2ccc(Cl)c(OC)c2)C1c1ccc(OC)c(O)c1. The summed E-state index contributed by atoms with van der Waals surface area (Å²) in [5.41, 5.74) is 0.618. The monoisotopic (exact) mass is 461 g/mol. The molecule has 1 heterocycles. The Morgan fingerprint density at radius 2 is 1.78 bits per heavy atom. The number of phenols is 1. The van der Waals surface area contributed by atoms with Gasteiger partial charge in [0.05, 0.1) is 30.9 Å². The number of ether oxygens (including phenoxy) is 3. The number of amides is 1. The lowest BCUT2D eigenvalue weighted by Gasteiger charge is -2.25. The van der Waals surface area contributed by atoms with Gasteiger partial charge in [0.15, 0.2) is 11.5 Å². The highest BCUT2D eigenvalue weighted by Crippen LogP contribution is 2.42. The normalized spacial score (nSPS) is 17.6. The molecule has 32 heavy (non-hydrogen) atoms. The van der Waals surface area contributed by atoms with E-state index in [2.05, 4.69) is 0 Å². The molecule has 1 aliphatic rings. The molecule has 1 fully saturated rings. The fourth-order valence-corrected chi connectivity index (χ4v) is 3.87. The Labute approximate surface area is 190 Å². The number of hydrogen-bond acceptors (Lipinski definition) is 7. The topological polar surface area (TPSA) is 106 Å². The zero-order valence-corrected chi connectivity index (χ0v) is 18.7. The number of carbonyl (C=O) groups is 2. The molecule has 2 aromatic carbocycles. The van der Waals surface area contributed by atoms with Crippen LogP contribution >= 0.6 is 11.6 Å². The minimum atomic E-state index is -0.912. The molecule has 1 aliphatic heterocycles. The van der Waals surface area contributed by atoms with Crippen LogP contribution in [0, 0.1) is 0 Å². The minimum Gasteiger partial charge on any atom is -0.507 e. The summed E-state index contributed by atoms with van der Waals surface area (Å²) in [6.45, 7) is 0.606. The molecule has 2 aromatic rings. The summed E-state index contributed by atoms with van der Waals surface area (Å²) in [4.78, 5) is 27.2. The lowest BCUT2D eigenvalue weighted by atomic mass is 9.95. The van der Waals surface area contributed by atoms with Crippen molar-refractivity contribution in [2.75, 3.05) is 34.5 Å². The summed E-state index contributed by atoms with van der Waals surface area (Å²) in [5.74, 6) is -1.54. The first-order valence-corrected chi connectivity index (χ1v) is 10.2. The summed E-state index contributed by atoms with van der Waals surface area (Å²) in [6, 6.07) is 8.21. The van der Waals surface area contributed by atoms with Crippen LogP contribution in [0.4, 0.5) is 0 Å². The van der Waals surface area contributed by atoms with Gasteiger partial charge in [0.2, 0.25) is 0 Å². The number of aliphatic hydroxyl groups excluding tert-OH is 1. The summed E-state index contributed by atoms with van der Waals surface area (Å²) < 4.78 is 15.4. The number of aromatic hydroxyl groups is 1. The van der Waals surface area contributed by atoms with Gasteiger partial charge in [-0.3, -0.25) is 9.59 Å². The Hall–Kier alpha value is -3.23. The Balaban J connectivity index is 2.17. The summed E-state index contributed by atoms with van der Waals surface area (Å²) in [6.07, 6.45) is 0.483. The van der Waals surface area contributed by atoms with Gasteiger partial charge in [-0.2, -0.15) is 0 Å². The number of Topliss-reactive ketones (excluding diaryl/α,β-unsaturated/α-hetero) is 1. The van der Waals surface area contributed by atoms with E-state index >= 15 is 0 Å². The molecule has 0 saturated carbocycles. The predicted octanol–water partition coefficient (Wildman–Crippen LogP) is 3.52. The summed E-state index contributed by atoms with van der Waals surface area (Å²) in [5, 5.41) is 21.7. The highest BCUT2D eigenvalue weighted by atomic mass is 35.5. The third kappa shape index (κ3) is 4.37. The van der Waals surface area contributed by atoms with Gasteiger partial charge in [0.1, 0.15) is 11.5 Å². The van der Waals surface area contributed by atoms with Gasteiger partial charge >= 0.3 is 0 Å². The lowest BCUT2D eigenvalue weighted by molar-refractivity contribution is -0.140. The van der Waals surface area contributed by atoms with E-state index in [9.17, 15) is 19.8 Å². The first-order valence-electron chi connectivity index (χ1n) is 9.82. The standard InChI is InChI=1S/C23H24ClNO7/c1-30-10-4-9-25-20(13-6-8-17(31-2)16(26)11-13)19(22(28)23(25)29)21(27)14-5-7-15(24)18(12-14)32-3/h5-8,11-12,20,26-27H,4,9-10H2,1-3H3/b21-19-. The third-order valence-electron chi connectivity index (χ3n) is 5.23. The second kappa shape index (κ2) is 9.93. The maximum absolute atomic E-state index is 13.0. The largest absolute Gasteiger partial charge is 0.507 e. The quantitative estimate of drug-likeness (QED) is 0.268. The molecule has 1 saturated heterocycles. The van der Waals surface area contributed by atoms with E-state index in [0.717, 1.165) is 0 Å². The van der Waals surface area contributed by atoms with Gasteiger partial charge in [-0.15, -0.1) is 0 Å². The molecule has 2 N–H and O–H groups in total. The van der Waals surface area contributed by atoms with Crippen LogP contribution in [0.2, 0.25) is 5.02 Å². The molecule has 8 nitrogen and oxygen atoms in total. The molecule has 0 spiro atoms. The Bertz CT molecular complexity index is 1070. The average Bonchev–Trinajstić information content (AvgIpc) is 3.04. The van der Waals surface area contributed by atoms with E-state index in [1.54, 1.807) is 13.2 Å². The van der Waals surface area contributed by atoms with Crippen molar-refractivity contribution in [1.82, 2.24) is 4.90 Å². The fourth-order valence-electron chi connectivity index (χ4n) is 3.68. The number of aliphatic hydroxyl groups is 1. The van der Waals surface area contributed by atoms with Crippen molar-refractivity contribution in [1.29, 1.82) is 0 Å². The van der Waals surface area contributed by atoms with Crippen molar-refractivity contribution < 1.29 is 34.0 Å². The number of carbonyl (C=O) groups excluding carboxylic acids is 2. The second-order valence-electron chi connectivity index (χ2n) is 7.12. The van der Waals surface area contributed by atoms with Gasteiger partial charge in [-0.25, -0.2) is 0 Å². The van der Waals surface area contributed by atoms with Crippen molar-refractivity contribution in [3.63, 3.8) is 0 Å². The van der Waals surface area contributed by atoms with E-state index < -0.39 is 17.7 Å². The van der Waals surface area contributed by atoms with E-state index in [0.29, 0.717) is 29.4 Å². The van der Waals surface area contributed by atoms with Crippen LogP contribution in [0.25, 0.3) is 5.76 Å². The Morgan fingerprint density at radius 1 is 1.06 bits per heavy atom. The van der Waals surface area contributed by atoms with E-state index in [4.69, 9.17) is 25.8 Å². The second-order valence-corrected chi connectivity index (χ2v) is 7.53. The molecule has 0 bridgehead atoms. The van der Waals surface area contributed by atoms with Crippen molar-refractivity contribution in [3.05, 3.63) is 58.1 Å². The summed E-state index contributed by atoms with van der Waals surface area (Å²) in [7, 11) is 4.39. The third-order valence-corrected chi connectivity index (χ3v) is 5.54. The van der Waals surface area contributed by atoms with Crippen LogP contribution < -0.4 is 9.47 Å². The van der Waals surface area contributed by atoms with Crippen LogP contribution in [0.3, 0.4) is 0 Å². The zero-order chi connectivity index (χ0) is 23.4. The number of phenolic OH excluding ortho intramolecular Hbond substituents is 1. The van der Waals surface area contributed by atoms with Crippen LogP contribution in [-0.2, 0) is 14.3 Å². The number of nitrogens with zero attached hydrogens (tertiary/aromatic N) is 1. The van der Waals surface area contributed by atoms with Crippen LogP contribution in [0.15, 0.2) is 42.0 Å². The number of methoxy groups -OCH3 is 3. The number of rotatable bonds is 8. The minimum absolute atomic E-state index is 0.0960. The average molecular weight is 462 g/mol. The van der Waals surface area contributed by atoms with Crippen LogP contribution in [0.5, 0.6) is 17.2 Å². The first-order chi connectivity index (χ1) is 15.3. The molecule has 0 aromatic heterocycles. The molecule has 0 radical (unpaired) electrons. The van der Waals surface area contributed by atoms with Crippen molar-refractivity contribution >= 4 is 29.1 Å². The van der Waals surface area contributed by atoms with Gasteiger partial charge in [0, 0.05) is 25.8 Å². The van der Waals surface area contributed by atoms with Crippen molar-refractivity contribution in [3.8, 4) is 17.2 Å². The number of likely N-dealkylation sites (tertiary alicyclic amines) is 1. The Kier molecular flexibility index (Phi) is 7.27. The van der Waals surface area contributed by atoms with Gasteiger partial charge in [-0.05, 0) is 42.3 Å². The van der Waals surface area contributed by atoms with Gasteiger partial charge in [-0.1, -0.05) is 17.7 Å². The van der Waals surface area contributed by atoms with E-state index in [1.807, 2.05) is 0 Å². The van der Waals surface area contributed by atoms with Gasteiger partial charge in [0.25, 0.3) is 11.7 Å². The number of benzene rings is 2. The van der Waals surface area contributed by atoms with Crippen molar-refractivity contribution in [2.24, 2.45) is 0 Å². The molecular formula is C23H24ClNO7. The molecule has 170 valence electrons. The first kappa shape index (κ1) is 23.4. The molecule has 0 aliphatic carbocycles. The summed E-state index contributed by atoms with van der Waals surface area (Å²) >= 11 is 6.07. The van der Waals surface area contributed by atoms with Crippen LogP contribution in [-0.4, -0.2) is 61.3 Å². The smallest absolute Gasteiger partial charge is 0.295 e. The molecule has 3 rings (SSSR count). The number of hydrogen-bond donors (Lipinski definition) is 2. The van der Waals surface area contributed by atoms with E-state index in [-0.39, 0.29) is 34.9 Å². The number of ketones is 1. The Morgan fingerprint density at radius 3 is 2.41 bits per heavy atom. The molecular weight excluding hydrogens is 438 g/mol. The highest BCUT2D eigenvalue weighted by Gasteiger charge is 2.46. The molecule has 1 atom stereocenters. The molecule has 9 heteroatoms. The molecule has 1 amide bonds. The van der Waals surface area contributed by atoms with Crippen molar-refractivity contribution in [2.45, 2.75) is 12.5 Å². The van der Waals surface area contributed by atoms with E-state index in [1.165, 1.54) is 49.5 Å². The fraction of sp³-hybridized carbons (Fsp3) is 0.304. The number of halogens is 1. The van der Waals surface area contributed by atoms with Gasteiger partial charge < -0.3 is 29.3 Å². The highest BCUT2D eigenvalue weighted by molar-refractivity contribution is 6.46. The lowest BCUT2D eigenvalue weighted by Crippen LogP contribution is -2.31. The maximum Gasteiger partial charge on any atom is 0.295 e. The molecule has 1 unspecified atom stereocenters. The predicted molar refractivity (Wildman–Crippen MR) is 118 cm³/mol.